The van der Waals surface area contributed by atoms with E-state index in [1.807, 2.05) is 13.8 Å². The molecule has 0 aliphatic rings. The lowest BCUT2D eigenvalue weighted by atomic mass is 10.1. The molecule has 0 spiro atoms. The van der Waals surface area contributed by atoms with Crippen molar-refractivity contribution in [3.05, 3.63) is 23.8 Å². The summed E-state index contributed by atoms with van der Waals surface area (Å²) in [6.45, 7) is 4.02. The molecule has 96 valence electrons. The van der Waals surface area contributed by atoms with Crippen molar-refractivity contribution in [2.75, 3.05) is 11.1 Å². The summed E-state index contributed by atoms with van der Waals surface area (Å²) in [5.74, 6) is 0. The Labute approximate surface area is 99.0 Å². The molecule has 0 aliphatic carbocycles. The average Bonchev–Trinajstić information content (AvgIpc) is 2.20. The molecular formula is C12H17F3N2. The van der Waals surface area contributed by atoms with Crippen LogP contribution in [0.4, 0.5) is 24.5 Å². The molecule has 0 heterocycles. The topological polar surface area (TPSA) is 38.0 Å². The van der Waals surface area contributed by atoms with E-state index in [2.05, 4.69) is 5.32 Å². The van der Waals surface area contributed by atoms with Crippen LogP contribution in [0, 0.1) is 0 Å². The van der Waals surface area contributed by atoms with E-state index in [4.69, 9.17) is 5.73 Å². The summed E-state index contributed by atoms with van der Waals surface area (Å²) in [6.07, 6.45) is -2.39. The zero-order valence-corrected chi connectivity index (χ0v) is 9.93. The molecule has 0 saturated carbocycles. The van der Waals surface area contributed by atoms with Gasteiger partial charge in [-0.2, -0.15) is 13.2 Å². The molecular weight excluding hydrogens is 229 g/mol. The quantitative estimate of drug-likeness (QED) is 0.791. The predicted octanol–water partition coefficient (Wildman–Crippen LogP) is 3.89. The van der Waals surface area contributed by atoms with Crippen molar-refractivity contribution >= 4 is 11.4 Å². The number of rotatable bonds is 4. The number of hydrogen-bond acceptors (Lipinski definition) is 2. The van der Waals surface area contributed by atoms with Gasteiger partial charge in [0.05, 0.1) is 16.9 Å². The van der Waals surface area contributed by atoms with E-state index in [-0.39, 0.29) is 11.7 Å². The smallest absolute Gasteiger partial charge is 0.397 e. The van der Waals surface area contributed by atoms with Crippen molar-refractivity contribution in [3.8, 4) is 0 Å². The first-order valence-corrected chi connectivity index (χ1v) is 5.58. The van der Waals surface area contributed by atoms with Gasteiger partial charge in [0.1, 0.15) is 0 Å². The third kappa shape index (κ3) is 3.84. The van der Waals surface area contributed by atoms with Crippen molar-refractivity contribution in [1.29, 1.82) is 0 Å². The highest BCUT2D eigenvalue weighted by Crippen LogP contribution is 2.33. The van der Waals surface area contributed by atoms with Crippen LogP contribution in [0.15, 0.2) is 18.2 Å². The van der Waals surface area contributed by atoms with Gasteiger partial charge in [0.25, 0.3) is 0 Å². The van der Waals surface area contributed by atoms with Gasteiger partial charge in [-0.05, 0) is 31.5 Å². The number of anilines is 2. The second-order valence-corrected chi connectivity index (χ2v) is 4.13. The predicted molar refractivity (Wildman–Crippen MR) is 63.8 cm³/mol. The highest BCUT2D eigenvalue weighted by Gasteiger charge is 2.30. The van der Waals surface area contributed by atoms with E-state index < -0.39 is 11.7 Å². The van der Waals surface area contributed by atoms with Gasteiger partial charge in [-0.25, -0.2) is 0 Å². The zero-order valence-electron chi connectivity index (χ0n) is 9.93. The van der Waals surface area contributed by atoms with E-state index in [0.29, 0.717) is 5.69 Å². The SMILES string of the molecule is CCCC(C)Nc1ccc(C(F)(F)F)cc1N. The van der Waals surface area contributed by atoms with Crippen LogP contribution in [0.25, 0.3) is 0 Å². The molecule has 1 aromatic carbocycles. The lowest BCUT2D eigenvalue weighted by molar-refractivity contribution is -0.137. The Kier molecular flexibility index (Phi) is 4.26. The fourth-order valence-corrected chi connectivity index (χ4v) is 1.64. The van der Waals surface area contributed by atoms with Gasteiger partial charge in [-0.15, -0.1) is 0 Å². The molecule has 1 atom stereocenters. The second-order valence-electron chi connectivity index (χ2n) is 4.13. The van der Waals surface area contributed by atoms with Crippen LogP contribution >= 0.6 is 0 Å². The van der Waals surface area contributed by atoms with Gasteiger partial charge in [-0.3, -0.25) is 0 Å². The third-order valence-corrected chi connectivity index (χ3v) is 2.50. The number of nitrogen functional groups attached to an aromatic ring is 1. The van der Waals surface area contributed by atoms with Gasteiger partial charge < -0.3 is 11.1 Å². The van der Waals surface area contributed by atoms with E-state index >= 15 is 0 Å². The van der Waals surface area contributed by atoms with Crippen molar-refractivity contribution in [1.82, 2.24) is 0 Å². The maximum absolute atomic E-state index is 12.4. The normalized spacial score (nSPS) is 13.5. The number of hydrogen-bond donors (Lipinski definition) is 2. The number of halogens is 3. The highest BCUT2D eigenvalue weighted by atomic mass is 19.4. The van der Waals surface area contributed by atoms with Gasteiger partial charge >= 0.3 is 6.18 Å². The summed E-state index contributed by atoms with van der Waals surface area (Å²) in [5, 5.41) is 3.10. The van der Waals surface area contributed by atoms with E-state index in [1.54, 1.807) is 0 Å². The minimum Gasteiger partial charge on any atom is -0.397 e. The van der Waals surface area contributed by atoms with E-state index in [1.165, 1.54) is 6.07 Å². The minimum absolute atomic E-state index is 0.128. The summed E-state index contributed by atoms with van der Waals surface area (Å²) in [4.78, 5) is 0. The largest absolute Gasteiger partial charge is 0.416 e. The Bertz CT molecular complexity index is 375. The Morgan fingerprint density at radius 1 is 1.35 bits per heavy atom. The maximum atomic E-state index is 12.4. The molecule has 5 heteroatoms. The number of benzene rings is 1. The Morgan fingerprint density at radius 2 is 2.00 bits per heavy atom. The van der Waals surface area contributed by atoms with Crippen molar-refractivity contribution in [3.63, 3.8) is 0 Å². The van der Waals surface area contributed by atoms with Gasteiger partial charge in [0, 0.05) is 6.04 Å². The van der Waals surface area contributed by atoms with Gasteiger partial charge in [-0.1, -0.05) is 13.3 Å². The van der Waals surface area contributed by atoms with Crippen LogP contribution in [-0.4, -0.2) is 6.04 Å². The zero-order chi connectivity index (χ0) is 13.1. The van der Waals surface area contributed by atoms with Crippen LogP contribution in [0.1, 0.15) is 32.3 Å². The molecule has 0 aliphatic heterocycles. The molecule has 0 radical (unpaired) electrons. The van der Waals surface area contributed by atoms with Crippen molar-refractivity contribution in [2.24, 2.45) is 0 Å². The fourth-order valence-electron chi connectivity index (χ4n) is 1.64. The monoisotopic (exact) mass is 246 g/mol. The molecule has 1 unspecified atom stereocenters. The second kappa shape index (κ2) is 5.29. The van der Waals surface area contributed by atoms with Crippen LogP contribution in [-0.2, 0) is 6.18 Å². The number of nitrogens with one attached hydrogen (secondary N) is 1. The van der Waals surface area contributed by atoms with E-state index in [0.717, 1.165) is 25.0 Å². The number of nitrogens with two attached hydrogens (primary N) is 1. The molecule has 1 aromatic rings. The molecule has 3 N–H and O–H groups in total. The molecule has 0 aromatic heterocycles. The Hall–Kier alpha value is -1.39. The molecule has 0 amide bonds. The summed E-state index contributed by atoms with van der Waals surface area (Å²) < 4.78 is 37.2. The summed E-state index contributed by atoms with van der Waals surface area (Å²) in [5.41, 5.74) is 5.56. The van der Waals surface area contributed by atoms with Crippen LogP contribution in [0.3, 0.4) is 0 Å². The first-order valence-electron chi connectivity index (χ1n) is 5.58. The van der Waals surface area contributed by atoms with Gasteiger partial charge in [0.15, 0.2) is 0 Å². The highest BCUT2D eigenvalue weighted by molar-refractivity contribution is 5.67. The summed E-state index contributed by atoms with van der Waals surface area (Å²) in [6, 6.07) is 3.57. The lowest BCUT2D eigenvalue weighted by Crippen LogP contribution is -2.16. The standard InChI is InChI=1S/C12H17F3N2/c1-3-4-8(2)17-11-6-5-9(7-10(11)16)12(13,14)15/h5-8,17H,3-4,16H2,1-2H3. The summed E-state index contributed by atoms with van der Waals surface area (Å²) in [7, 11) is 0. The Balaban J connectivity index is 2.83. The van der Waals surface area contributed by atoms with E-state index in [9.17, 15) is 13.2 Å². The Morgan fingerprint density at radius 3 is 2.47 bits per heavy atom. The third-order valence-electron chi connectivity index (χ3n) is 2.50. The first kappa shape index (κ1) is 13.7. The first-order chi connectivity index (χ1) is 7.84. The number of alkyl halides is 3. The maximum Gasteiger partial charge on any atom is 0.416 e. The molecule has 0 fully saturated rings. The van der Waals surface area contributed by atoms with Crippen molar-refractivity contribution in [2.45, 2.75) is 38.9 Å². The minimum atomic E-state index is -4.35. The molecule has 0 bridgehead atoms. The lowest BCUT2D eigenvalue weighted by Gasteiger charge is -2.17. The summed E-state index contributed by atoms with van der Waals surface area (Å²) >= 11 is 0. The van der Waals surface area contributed by atoms with Crippen molar-refractivity contribution < 1.29 is 13.2 Å². The molecule has 2 nitrogen and oxygen atoms in total. The molecule has 1 rings (SSSR count). The van der Waals surface area contributed by atoms with Crippen LogP contribution in [0.2, 0.25) is 0 Å². The van der Waals surface area contributed by atoms with Gasteiger partial charge in [0.2, 0.25) is 0 Å². The fraction of sp³-hybridized carbons (Fsp3) is 0.500. The van der Waals surface area contributed by atoms with Crippen LogP contribution in [0.5, 0.6) is 0 Å². The van der Waals surface area contributed by atoms with Crippen LogP contribution < -0.4 is 11.1 Å². The molecule has 0 saturated heterocycles. The molecule has 17 heavy (non-hydrogen) atoms. The average molecular weight is 246 g/mol.